The molecule has 0 spiro atoms. The third-order valence-electron chi connectivity index (χ3n) is 4.60. The second-order valence-electron chi connectivity index (χ2n) is 6.23. The van der Waals surface area contributed by atoms with Gasteiger partial charge in [-0.25, -0.2) is 4.39 Å². The van der Waals surface area contributed by atoms with Crippen molar-refractivity contribution in [3.8, 4) is 6.07 Å². The van der Waals surface area contributed by atoms with Crippen LogP contribution < -0.4 is 5.32 Å². The standard InChI is InChI=1S/C18H23FN4O2.HI/c1-21-18(22-11-14-9-13(10-20)4-5-15(14)19)23-6-8-25-17(12-23)16-3-2-7-24-16;/h4-5,9,16-17H,2-3,6-8,11-12H2,1H3,(H,21,22);1H. The Morgan fingerprint density at radius 2 is 2.19 bits per heavy atom. The topological polar surface area (TPSA) is 69.9 Å². The molecule has 0 amide bonds. The molecule has 0 aliphatic carbocycles. The number of benzene rings is 1. The summed E-state index contributed by atoms with van der Waals surface area (Å²) in [6.45, 7) is 3.11. The molecule has 2 atom stereocenters. The first-order valence-electron chi connectivity index (χ1n) is 8.58. The molecule has 8 heteroatoms. The number of hydrogen-bond donors (Lipinski definition) is 1. The summed E-state index contributed by atoms with van der Waals surface area (Å²) in [6, 6.07) is 6.38. The fraction of sp³-hybridized carbons (Fsp3) is 0.556. The van der Waals surface area contributed by atoms with Gasteiger partial charge in [0.05, 0.1) is 24.3 Å². The number of aliphatic imine (C=N–C) groups is 1. The van der Waals surface area contributed by atoms with Gasteiger partial charge in [-0.3, -0.25) is 4.99 Å². The van der Waals surface area contributed by atoms with Crippen LogP contribution >= 0.6 is 24.0 Å². The van der Waals surface area contributed by atoms with E-state index in [-0.39, 0.29) is 48.5 Å². The Morgan fingerprint density at radius 1 is 1.38 bits per heavy atom. The van der Waals surface area contributed by atoms with E-state index in [9.17, 15) is 4.39 Å². The zero-order valence-corrected chi connectivity index (χ0v) is 17.1. The van der Waals surface area contributed by atoms with Gasteiger partial charge < -0.3 is 19.7 Å². The number of halogens is 2. The van der Waals surface area contributed by atoms with Crippen LogP contribution in [0.3, 0.4) is 0 Å². The molecule has 0 radical (unpaired) electrons. The molecule has 0 bridgehead atoms. The first-order chi connectivity index (χ1) is 12.2. The molecule has 2 aliphatic rings. The molecular formula is C18H24FIN4O2. The molecule has 0 aromatic heterocycles. The van der Waals surface area contributed by atoms with Crippen molar-refractivity contribution >= 4 is 29.9 Å². The van der Waals surface area contributed by atoms with E-state index < -0.39 is 0 Å². The van der Waals surface area contributed by atoms with Crippen molar-refractivity contribution in [2.45, 2.75) is 31.6 Å². The fourth-order valence-electron chi connectivity index (χ4n) is 3.27. The minimum Gasteiger partial charge on any atom is -0.375 e. The number of rotatable bonds is 3. The highest BCUT2D eigenvalue weighted by Crippen LogP contribution is 2.21. The van der Waals surface area contributed by atoms with Crippen LogP contribution in [-0.4, -0.2) is 56.4 Å². The minimum absolute atomic E-state index is 0. The lowest BCUT2D eigenvalue weighted by molar-refractivity contribution is -0.0817. The Labute approximate surface area is 170 Å². The summed E-state index contributed by atoms with van der Waals surface area (Å²) in [7, 11) is 1.71. The van der Waals surface area contributed by atoms with Gasteiger partial charge in [-0.1, -0.05) is 0 Å². The summed E-state index contributed by atoms with van der Waals surface area (Å²) >= 11 is 0. The van der Waals surface area contributed by atoms with Crippen LogP contribution in [0.2, 0.25) is 0 Å². The van der Waals surface area contributed by atoms with Gasteiger partial charge in [-0.05, 0) is 31.0 Å². The number of guanidine groups is 1. The lowest BCUT2D eigenvalue weighted by Crippen LogP contribution is -2.53. The third-order valence-corrected chi connectivity index (χ3v) is 4.60. The van der Waals surface area contributed by atoms with E-state index in [1.165, 1.54) is 12.1 Å². The maximum absolute atomic E-state index is 13.9. The number of nitrogens with one attached hydrogen (secondary N) is 1. The average Bonchev–Trinajstić information content (AvgIpc) is 3.19. The third kappa shape index (κ3) is 5.05. The van der Waals surface area contributed by atoms with E-state index in [2.05, 4.69) is 15.2 Å². The highest BCUT2D eigenvalue weighted by molar-refractivity contribution is 14.0. The summed E-state index contributed by atoms with van der Waals surface area (Å²) in [5.41, 5.74) is 0.891. The summed E-state index contributed by atoms with van der Waals surface area (Å²) in [4.78, 5) is 6.42. The number of nitrogens with zero attached hydrogens (tertiary/aromatic N) is 3. The van der Waals surface area contributed by atoms with Gasteiger partial charge in [0.25, 0.3) is 0 Å². The van der Waals surface area contributed by atoms with Crippen molar-refractivity contribution in [3.63, 3.8) is 0 Å². The smallest absolute Gasteiger partial charge is 0.194 e. The average molecular weight is 474 g/mol. The SMILES string of the molecule is CN=C(NCc1cc(C#N)ccc1F)N1CCOC(C2CCCO2)C1.I. The predicted octanol–water partition coefficient (Wildman–Crippen LogP) is 2.27. The van der Waals surface area contributed by atoms with Crippen LogP contribution in [0.5, 0.6) is 0 Å². The second-order valence-corrected chi connectivity index (χ2v) is 6.23. The predicted molar refractivity (Wildman–Crippen MR) is 107 cm³/mol. The molecule has 2 fully saturated rings. The molecule has 26 heavy (non-hydrogen) atoms. The van der Waals surface area contributed by atoms with Crippen LogP contribution in [-0.2, 0) is 16.0 Å². The maximum atomic E-state index is 13.9. The van der Waals surface area contributed by atoms with Gasteiger partial charge in [0, 0.05) is 38.9 Å². The highest BCUT2D eigenvalue weighted by Gasteiger charge is 2.32. The molecule has 3 rings (SSSR count). The lowest BCUT2D eigenvalue weighted by Gasteiger charge is -2.37. The van der Waals surface area contributed by atoms with Gasteiger partial charge in [-0.2, -0.15) is 5.26 Å². The van der Waals surface area contributed by atoms with Gasteiger partial charge >= 0.3 is 0 Å². The summed E-state index contributed by atoms with van der Waals surface area (Å²) in [5, 5.41) is 12.2. The minimum atomic E-state index is -0.332. The second kappa shape index (κ2) is 10.0. The molecule has 1 N–H and O–H groups in total. The summed E-state index contributed by atoms with van der Waals surface area (Å²) in [6.07, 6.45) is 2.28. The summed E-state index contributed by atoms with van der Waals surface area (Å²) < 4.78 is 25.5. The van der Waals surface area contributed by atoms with E-state index in [1.807, 2.05) is 6.07 Å². The van der Waals surface area contributed by atoms with Crippen molar-refractivity contribution in [2.24, 2.45) is 4.99 Å². The zero-order valence-electron chi connectivity index (χ0n) is 14.8. The van der Waals surface area contributed by atoms with E-state index in [0.29, 0.717) is 30.2 Å². The van der Waals surface area contributed by atoms with Crippen molar-refractivity contribution < 1.29 is 13.9 Å². The monoisotopic (exact) mass is 474 g/mol. The van der Waals surface area contributed by atoms with Crippen LogP contribution in [0, 0.1) is 17.1 Å². The molecule has 2 saturated heterocycles. The first-order valence-corrected chi connectivity index (χ1v) is 8.58. The molecule has 1 aromatic rings. The van der Waals surface area contributed by atoms with Crippen molar-refractivity contribution in [1.82, 2.24) is 10.2 Å². The van der Waals surface area contributed by atoms with Gasteiger partial charge in [-0.15, -0.1) is 24.0 Å². The number of ether oxygens (including phenoxy) is 2. The molecule has 0 saturated carbocycles. The maximum Gasteiger partial charge on any atom is 0.194 e. The molecular weight excluding hydrogens is 450 g/mol. The van der Waals surface area contributed by atoms with Gasteiger partial charge in [0.1, 0.15) is 11.9 Å². The molecule has 2 heterocycles. The number of hydrogen-bond acceptors (Lipinski definition) is 4. The zero-order chi connectivity index (χ0) is 17.6. The normalized spacial score (nSPS) is 23.3. The fourth-order valence-corrected chi connectivity index (χ4v) is 3.27. The number of nitriles is 1. The molecule has 2 aliphatic heterocycles. The largest absolute Gasteiger partial charge is 0.375 e. The Hall–Kier alpha value is -1.44. The Kier molecular flexibility index (Phi) is 8.06. The Bertz CT molecular complexity index is 674. The van der Waals surface area contributed by atoms with Crippen molar-refractivity contribution in [1.29, 1.82) is 5.26 Å². The molecule has 2 unspecified atom stereocenters. The first kappa shape index (κ1) is 20.9. The molecule has 142 valence electrons. The molecule has 1 aromatic carbocycles. The van der Waals surface area contributed by atoms with E-state index >= 15 is 0 Å². The van der Waals surface area contributed by atoms with Crippen LogP contribution in [0.4, 0.5) is 4.39 Å². The van der Waals surface area contributed by atoms with Gasteiger partial charge in [0.15, 0.2) is 5.96 Å². The van der Waals surface area contributed by atoms with E-state index in [0.717, 1.165) is 26.0 Å². The highest BCUT2D eigenvalue weighted by atomic mass is 127. The lowest BCUT2D eigenvalue weighted by atomic mass is 10.1. The number of morpholine rings is 1. The van der Waals surface area contributed by atoms with E-state index in [4.69, 9.17) is 14.7 Å². The van der Waals surface area contributed by atoms with Crippen LogP contribution in [0.1, 0.15) is 24.0 Å². The van der Waals surface area contributed by atoms with Crippen LogP contribution in [0.15, 0.2) is 23.2 Å². The quantitative estimate of drug-likeness (QED) is 0.414. The summed E-state index contributed by atoms with van der Waals surface area (Å²) in [5.74, 6) is 0.370. The van der Waals surface area contributed by atoms with Crippen molar-refractivity contribution in [2.75, 3.05) is 33.4 Å². The van der Waals surface area contributed by atoms with E-state index in [1.54, 1.807) is 13.1 Å². The van der Waals surface area contributed by atoms with Crippen LogP contribution in [0.25, 0.3) is 0 Å². The Morgan fingerprint density at radius 3 is 2.88 bits per heavy atom. The Balaban J connectivity index is 0.00000243. The van der Waals surface area contributed by atoms with Gasteiger partial charge in [0.2, 0.25) is 0 Å². The molecule has 6 nitrogen and oxygen atoms in total. The van der Waals surface area contributed by atoms with Crippen molar-refractivity contribution in [3.05, 3.63) is 35.1 Å².